The maximum absolute atomic E-state index is 12.7. The quantitative estimate of drug-likeness (QED) is 0.620. The van der Waals surface area contributed by atoms with Gasteiger partial charge in [-0.15, -0.1) is 5.10 Å². The van der Waals surface area contributed by atoms with Gasteiger partial charge in [0.15, 0.2) is 0 Å². The van der Waals surface area contributed by atoms with Crippen LogP contribution in [0.3, 0.4) is 0 Å². The smallest absolute Gasteiger partial charge is 0.328 e. The van der Waals surface area contributed by atoms with E-state index in [0.29, 0.717) is 22.5 Å². The lowest BCUT2D eigenvalue weighted by Crippen LogP contribution is -2.14. The zero-order valence-corrected chi connectivity index (χ0v) is 15.0. The maximum atomic E-state index is 12.7. The summed E-state index contributed by atoms with van der Waals surface area (Å²) in [5.74, 6) is -1.08. The summed E-state index contributed by atoms with van der Waals surface area (Å²) < 4.78 is 29.3. The van der Waals surface area contributed by atoms with E-state index in [4.69, 9.17) is 5.11 Å². The van der Waals surface area contributed by atoms with Crippen LogP contribution in [-0.2, 0) is 14.8 Å². The highest BCUT2D eigenvalue weighted by atomic mass is 32.2. The molecule has 0 aliphatic carbocycles. The molecule has 1 aromatic heterocycles. The Labute approximate surface area is 155 Å². The Bertz CT molecular complexity index is 1090. The molecule has 0 unspecified atom stereocenters. The molecule has 1 heterocycles. The number of nitrogens with zero attached hydrogens (tertiary/aromatic N) is 4. The predicted octanol–water partition coefficient (Wildman–Crippen LogP) is 1.87. The Morgan fingerprint density at radius 3 is 2.56 bits per heavy atom. The van der Waals surface area contributed by atoms with Gasteiger partial charge in [0, 0.05) is 6.08 Å². The molecule has 0 amide bonds. The number of tetrazole rings is 1. The first-order valence-electron chi connectivity index (χ1n) is 7.74. The molecule has 0 aliphatic rings. The highest BCUT2D eigenvalue weighted by Gasteiger charge is 2.16. The number of nitrogens with one attached hydrogen (secondary N) is 1. The van der Waals surface area contributed by atoms with Crippen LogP contribution >= 0.6 is 0 Å². The van der Waals surface area contributed by atoms with Gasteiger partial charge < -0.3 is 5.11 Å². The number of carboxylic acids is 1. The molecule has 0 atom stereocenters. The van der Waals surface area contributed by atoms with Crippen LogP contribution in [0, 0.1) is 6.92 Å². The highest BCUT2D eigenvalue weighted by molar-refractivity contribution is 7.92. The van der Waals surface area contributed by atoms with Gasteiger partial charge in [-0.3, -0.25) is 4.72 Å². The molecule has 0 saturated carbocycles. The second kappa shape index (κ2) is 7.38. The summed E-state index contributed by atoms with van der Waals surface area (Å²) in [6.07, 6.45) is 3.78. The molecular weight excluding hydrogens is 370 g/mol. The van der Waals surface area contributed by atoms with Crippen molar-refractivity contribution >= 4 is 27.8 Å². The van der Waals surface area contributed by atoms with E-state index in [-0.39, 0.29) is 4.90 Å². The Kier molecular flexibility index (Phi) is 4.99. The predicted molar refractivity (Wildman–Crippen MR) is 97.8 cm³/mol. The number of hydrogen-bond acceptors (Lipinski definition) is 6. The first-order valence-corrected chi connectivity index (χ1v) is 9.22. The Morgan fingerprint density at radius 1 is 1.19 bits per heavy atom. The number of rotatable bonds is 6. The van der Waals surface area contributed by atoms with Crippen LogP contribution in [-0.4, -0.2) is 39.7 Å². The minimum Gasteiger partial charge on any atom is -0.478 e. The molecule has 9 nitrogen and oxygen atoms in total. The van der Waals surface area contributed by atoms with Crippen LogP contribution in [0.5, 0.6) is 0 Å². The van der Waals surface area contributed by atoms with Gasteiger partial charge in [0.05, 0.1) is 16.3 Å². The Morgan fingerprint density at radius 2 is 1.93 bits per heavy atom. The lowest BCUT2D eigenvalue weighted by molar-refractivity contribution is -0.131. The number of carboxylic acid groups (broad SMARTS) is 1. The molecule has 3 aromatic rings. The van der Waals surface area contributed by atoms with Gasteiger partial charge in [-0.05, 0) is 58.8 Å². The van der Waals surface area contributed by atoms with Crippen molar-refractivity contribution in [2.45, 2.75) is 11.8 Å². The van der Waals surface area contributed by atoms with Gasteiger partial charge >= 0.3 is 5.97 Å². The largest absolute Gasteiger partial charge is 0.478 e. The number of hydrogen-bond donors (Lipinski definition) is 2. The van der Waals surface area contributed by atoms with Crippen LogP contribution in [0.1, 0.15) is 11.1 Å². The van der Waals surface area contributed by atoms with Crippen molar-refractivity contribution in [3.8, 4) is 5.69 Å². The average molecular weight is 385 g/mol. The molecule has 10 heteroatoms. The highest BCUT2D eigenvalue weighted by Crippen LogP contribution is 2.24. The fraction of sp³-hybridized carbons (Fsp3) is 0.0588. The van der Waals surface area contributed by atoms with Crippen molar-refractivity contribution in [1.29, 1.82) is 0 Å². The summed E-state index contributed by atoms with van der Waals surface area (Å²) in [5.41, 5.74) is 2.29. The first kappa shape index (κ1) is 18.3. The van der Waals surface area contributed by atoms with Gasteiger partial charge in [-0.2, -0.15) is 0 Å². The summed E-state index contributed by atoms with van der Waals surface area (Å²) in [5, 5.41) is 19.6. The van der Waals surface area contributed by atoms with Crippen molar-refractivity contribution in [1.82, 2.24) is 20.2 Å². The summed E-state index contributed by atoms with van der Waals surface area (Å²) in [4.78, 5) is 10.6. The van der Waals surface area contributed by atoms with E-state index in [9.17, 15) is 13.2 Å². The molecule has 2 N–H and O–H groups in total. The third-order valence-corrected chi connectivity index (χ3v) is 5.14. The van der Waals surface area contributed by atoms with Crippen LogP contribution in [0.15, 0.2) is 59.8 Å². The van der Waals surface area contributed by atoms with Gasteiger partial charge in [0.2, 0.25) is 0 Å². The fourth-order valence-electron chi connectivity index (χ4n) is 2.38. The molecule has 2 aromatic carbocycles. The number of benzene rings is 2. The minimum absolute atomic E-state index is 0.0576. The lowest BCUT2D eigenvalue weighted by atomic mass is 10.1. The zero-order valence-electron chi connectivity index (χ0n) is 14.1. The SMILES string of the molecule is Cc1c(NS(=O)(=O)c2ccc(C=CC(=O)O)cc2)cccc1-n1cnnn1. The zero-order chi connectivity index (χ0) is 19.4. The summed E-state index contributed by atoms with van der Waals surface area (Å²) in [6, 6.07) is 11.0. The molecule has 0 saturated heterocycles. The summed E-state index contributed by atoms with van der Waals surface area (Å²) in [7, 11) is -3.82. The molecule has 0 aliphatic heterocycles. The third-order valence-electron chi connectivity index (χ3n) is 3.75. The second-order valence-corrected chi connectivity index (χ2v) is 7.23. The van der Waals surface area contributed by atoms with Gasteiger partial charge in [-0.1, -0.05) is 18.2 Å². The van der Waals surface area contributed by atoms with Crippen molar-refractivity contribution in [2.75, 3.05) is 4.72 Å². The number of carbonyl (C=O) groups is 1. The molecule has 3 rings (SSSR count). The van der Waals surface area contributed by atoms with Gasteiger partial charge in [0.1, 0.15) is 6.33 Å². The van der Waals surface area contributed by atoms with E-state index < -0.39 is 16.0 Å². The summed E-state index contributed by atoms with van der Waals surface area (Å²) in [6.45, 7) is 1.76. The van der Waals surface area contributed by atoms with Crippen LogP contribution in [0.4, 0.5) is 5.69 Å². The molecule has 0 spiro atoms. The van der Waals surface area contributed by atoms with E-state index in [1.165, 1.54) is 41.4 Å². The third kappa shape index (κ3) is 4.18. The van der Waals surface area contributed by atoms with Gasteiger partial charge in [-0.25, -0.2) is 17.9 Å². The van der Waals surface area contributed by atoms with E-state index in [1.807, 2.05) is 0 Å². The molecular formula is C17H15N5O4S. The molecule has 0 radical (unpaired) electrons. The molecule has 138 valence electrons. The number of aromatic nitrogens is 4. The monoisotopic (exact) mass is 385 g/mol. The van der Waals surface area contributed by atoms with E-state index in [1.54, 1.807) is 25.1 Å². The number of aliphatic carboxylic acids is 1. The number of anilines is 1. The normalized spacial score (nSPS) is 11.6. The minimum atomic E-state index is -3.82. The topological polar surface area (TPSA) is 127 Å². The average Bonchev–Trinajstić information content (AvgIpc) is 3.16. The molecule has 0 bridgehead atoms. The Balaban J connectivity index is 1.87. The standard InChI is InChI=1S/C17H15N5O4S/c1-12-15(3-2-4-16(12)22-11-18-20-21-22)19-27(25,26)14-8-5-13(6-9-14)7-10-17(23)24/h2-11,19H,1H3,(H,23,24). The number of sulfonamides is 1. The van der Waals surface area contributed by atoms with E-state index >= 15 is 0 Å². The van der Waals surface area contributed by atoms with Crippen LogP contribution in [0.25, 0.3) is 11.8 Å². The van der Waals surface area contributed by atoms with Crippen molar-refractivity contribution in [3.63, 3.8) is 0 Å². The van der Waals surface area contributed by atoms with Crippen molar-refractivity contribution in [3.05, 3.63) is 66.0 Å². The molecule has 0 fully saturated rings. The van der Waals surface area contributed by atoms with Crippen molar-refractivity contribution in [2.24, 2.45) is 0 Å². The van der Waals surface area contributed by atoms with Crippen LogP contribution in [0.2, 0.25) is 0 Å². The van der Waals surface area contributed by atoms with Crippen molar-refractivity contribution < 1.29 is 18.3 Å². The van der Waals surface area contributed by atoms with E-state index in [0.717, 1.165) is 6.08 Å². The fourth-order valence-corrected chi connectivity index (χ4v) is 3.51. The van der Waals surface area contributed by atoms with Gasteiger partial charge in [0.25, 0.3) is 10.0 Å². The maximum Gasteiger partial charge on any atom is 0.328 e. The summed E-state index contributed by atoms with van der Waals surface area (Å²) >= 11 is 0. The van der Waals surface area contributed by atoms with Crippen LogP contribution < -0.4 is 4.72 Å². The first-order chi connectivity index (χ1) is 12.9. The lowest BCUT2D eigenvalue weighted by Gasteiger charge is -2.13. The van der Waals surface area contributed by atoms with E-state index in [2.05, 4.69) is 20.2 Å². The Hall–Kier alpha value is -3.53. The second-order valence-electron chi connectivity index (χ2n) is 5.55. The molecule has 27 heavy (non-hydrogen) atoms.